The first-order chi connectivity index (χ1) is 9.01. The van der Waals surface area contributed by atoms with Crippen LogP contribution < -0.4 is 11.3 Å². The molecule has 0 radical (unpaired) electrons. The summed E-state index contributed by atoms with van der Waals surface area (Å²) in [6, 6.07) is 0.464. The highest BCUT2D eigenvalue weighted by Gasteiger charge is 2.21. The third kappa shape index (κ3) is 3.12. The maximum atomic E-state index is 13.7. The zero-order valence-corrected chi connectivity index (χ0v) is 10.9. The molecule has 0 fully saturated rings. The lowest BCUT2D eigenvalue weighted by Gasteiger charge is -2.16. The number of thiazole rings is 1. The van der Waals surface area contributed by atoms with Gasteiger partial charge < -0.3 is 0 Å². The van der Waals surface area contributed by atoms with Crippen molar-refractivity contribution in [2.75, 3.05) is 0 Å². The summed E-state index contributed by atoms with van der Waals surface area (Å²) in [4.78, 5) is 4.20. The smallest absolute Gasteiger partial charge is 0.133 e. The quantitative estimate of drug-likeness (QED) is 0.671. The van der Waals surface area contributed by atoms with Crippen molar-refractivity contribution >= 4 is 11.3 Å². The number of aromatic nitrogens is 1. The summed E-state index contributed by atoms with van der Waals surface area (Å²) in [6.07, 6.45) is 0.223. The number of hydrogen-bond acceptors (Lipinski definition) is 4. The van der Waals surface area contributed by atoms with Crippen molar-refractivity contribution in [2.45, 2.75) is 19.4 Å². The molecular weight excluding hydrogens is 275 g/mol. The van der Waals surface area contributed by atoms with Gasteiger partial charge in [0.15, 0.2) is 0 Å². The second-order valence-electron chi connectivity index (χ2n) is 4.06. The van der Waals surface area contributed by atoms with Crippen molar-refractivity contribution in [2.24, 2.45) is 5.84 Å². The minimum atomic E-state index is -0.965. The van der Waals surface area contributed by atoms with Gasteiger partial charge in [-0.25, -0.2) is 18.2 Å². The number of rotatable bonds is 4. The molecule has 3 nitrogen and oxygen atoms in total. The van der Waals surface area contributed by atoms with Crippen molar-refractivity contribution < 1.29 is 13.2 Å². The largest absolute Gasteiger partial charge is 0.271 e. The van der Waals surface area contributed by atoms with Gasteiger partial charge in [0.05, 0.1) is 16.7 Å². The first-order valence-electron chi connectivity index (χ1n) is 5.53. The lowest BCUT2D eigenvalue weighted by Crippen LogP contribution is -2.31. The number of hydrogen-bond donors (Lipinski definition) is 2. The van der Waals surface area contributed by atoms with Crippen molar-refractivity contribution in [3.63, 3.8) is 0 Å². The van der Waals surface area contributed by atoms with E-state index < -0.39 is 23.5 Å². The monoisotopic (exact) mass is 287 g/mol. The molecular formula is C12H12F3N3S. The van der Waals surface area contributed by atoms with E-state index in [1.807, 2.05) is 6.92 Å². The third-order valence-corrected chi connectivity index (χ3v) is 3.50. The van der Waals surface area contributed by atoms with Crippen LogP contribution in [-0.2, 0) is 6.42 Å². The molecule has 1 aromatic carbocycles. The lowest BCUT2D eigenvalue weighted by molar-refractivity contribution is 0.460. The van der Waals surface area contributed by atoms with Gasteiger partial charge in [0.25, 0.3) is 0 Å². The van der Waals surface area contributed by atoms with E-state index in [1.54, 1.807) is 5.38 Å². The minimum Gasteiger partial charge on any atom is -0.271 e. The predicted molar refractivity (Wildman–Crippen MR) is 66.9 cm³/mol. The highest BCUT2D eigenvalue weighted by molar-refractivity contribution is 7.09. The number of aryl methyl sites for hydroxylation is 1. The number of nitrogens with two attached hydrogens (primary N) is 1. The van der Waals surface area contributed by atoms with Crippen LogP contribution in [0.2, 0.25) is 0 Å². The Bertz CT molecular complexity index is 562. The maximum absolute atomic E-state index is 13.7. The van der Waals surface area contributed by atoms with Crippen molar-refractivity contribution in [1.82, 2.24) is 10.4 Å². The predicted octanol–water partition coefficient (Wildman–Crippen LogP) is 2.62. The average molecular weight is 287 g/mol. The standard InChI is InChI=1S/C12H12F3N3S/c1-6-17-8(5-19-6)4-11(18-16)12-9(14)2-7(13)3-10(12)15/h2-3,5,11,18H,4,16H2,1H3. The van der Waals surface area contributed by atoms with E-state index in [-0.39, 0.29) is 12.0 Å². The van der Waals surface area contributed by atoms with E-state index in [9.17, 15) is 13.2 Å². The molecule has 19 heavy (non-hydrogen) atoms. The van der Waals surface area contributed by atoms with Gasteiger partial charge in [-0.3, -0.25) is 11.3 Å². The van der Waals surface area contributed by atoms with E-state index in [1.165, 1.54) is 11.3 Å². The van der Waals surface area contributed by atoms with Gasteiger partial charge >= 0.3 is 0 Å². The van der Waals surface area contributed by atoms with Gasteiger partial charge in [-0.15, -0.1) is 11.3 Å². The number of nitrogens with zero attached hydrogens (tertiary/aromatic N) is 1. The number of benzene rings is 1. The summed E-state index contributed by atoms with van der Waals surface area (Å²) < 4.78 is 40.2. The van der Waals surface area contributed by atoms with Crippen LogP contribution in [0.4, 0.5) is 13.2 Å². The molecule has 2 aromatic rings. The van der Waals surface area contributed by atoms with Gasteiger partial charge in [0.2, 0.25) is 0 Å². The zero-order valence-electron chi connectivity index (χ0n) is 10.1. The van der Waals surface area contributed by atoms with Gasteiger partial charge in [0, 0.05) is 29.5 Å². The van der Waals surface area contributed by atoms with E-state index in [4.69, 9.17) is 5.84 Å². The molecule has 102 valence electrons. The van der Waals surface area contributed by atoms with Crippen molar-refractivity contribution in [3.8, 4) is 0 Å². The molecule has 2 rings (SSSR count). The van der Waals surface area contributed by atoms with Gasteiger partial charge in [-0.05, 0) is 6.92 Å². The van der Waals surface area contributed by atoms with Crippen LogP contribution in [-0.4, -0.2) is 4.98 Å². The van der Waals surface area contributed by atoms with E-state index in [0.29, 0.717) is 17.8 Å². The molecule has 1 heterocycles. The molecule has 1 atom stereocenters. The normalized spacial score (nSPS) is 12.7. The van der Waals surface area contributed by atoms with Gasteiger partial charge in [-0.1, -0.05) is 0 Å². The number of hydrazine groups is 1. The summed E-state index contributed by atoms with van der Waals surface area (Å²) in [5.41, 5.74) is 2.73. The van der Waals surface area contributed by atoms with Crippen molar-refractivity contribution in [1.29, 1.82) is 0 Å². The van der Waals surface area contributed by atoms with Crippen LogP contribution in [0.5, 0.6) is 0 Å². The van der Waals surface area contributed by atoms with Crippen LogP contribution in [0.1, 0.15) is 22.3 Å². The molecule has 0 amide bonds. The zero-order chi connectivity index (χ0) is 14.0. The van der Waals surface area contributed by atoms with Gasteiger partial charge in [0.1, 0.15) is 17.5 Å². The minimum absolute atomic E-state index is 0.223. The molecule has 3 N–H and O–H groups in total. The van der Waals surface area contributed by atoms with E-state index >= 15 is 0 Å². The lowest BCUT2D eigenvalue weighted by atomic mass is 10.0. The SMILES string of the molecule is Cc1nc(CC(NN)c2c(F)cc(F)cc2F)cs1. The van der Waals surface area contributed by atoms with E-state index in [2.05, 4.69) is 10.4 Å². The summed E-state index contributed by atoms with van der Waals surface area (Å²) in [6.45, 7) is 1.83. The molecule has 0 aliphatic rings. The second kappa shape index (κ2) is 5.68. The summed E-state index contributed by atoms with van der Waals surface area (Å²) >= 11 is 1.44. The molecule has 0 saturated heterocycles. The molecule has 7 heteroatoms. The second-order valence-corrected chi connectivity index (χ2v) is 5.13. The van der Waals surface area contributed by atoms with Crippen molar-refractivity contribution in [3.05, 3.63) is 51.2 Å². The number of nitrogens with one attached hydrogen (secondary N) is 1. The molecule has 0 bridgehead atoms. The van der Waals surface area contributed by atoms with Crippen LogP contribution in [0.15, 0.2) is 17.5 Å². The Kier molecular flexibility index (Phi) is 4.18. The van der Waals surface area contributed by atoms with Crippen LogP contribution in [0.3, 0.4) is 0 Å². The highest BCUT2D eigenvalue weighted by atomic mass is 32.1. The molecule has 0 spiro atoms. The Labute approximate surface area is 112 Å². The van der Waals surface area contributed by atoms with Crippen LogP contribution >= 0.6 is 11.3 Å². The Morgan fingerprint density at radius 1 is 1.32 bits per heavy atom. The molecule has 0 aliphatic heterocycles. The fraction of sp³-hybridized carbons (Fsp3) is 0.250. The third-order valence-electron chi connectivity index (χ3n) is 2.67. The Morgan fingerprint density at radius 2 is 1.95 bits per heavy atom. The van der Waals surface area contributed by atoms with Crippen LogP contribution in [0, 0.1) is 24.4 Å². The van der Waals surface area contributed by atoms with Crippen LogP contribution in [0.25, 0.3) is 0 Å². The fourth-order valence-electron chi connectivity index (χ4n) is 1.84. The Balaban J connectivity index is 2.32. The highest BCUT2D eigenvalue weighted by Crippen LogP contribution is 2.25. The molecule has 1 aromatic heterocycles. The Morgan fingerprint density at radius 3 is 2.42 bits per heavy atom. The number of halogens is 3. The average Bonchev–Trinajstić information content (AvgIpc) is 2.72. The molecule has 1 unspecified atom stereocenters. The topological polar surface area (TPSA) is 50.9 Å². The summed E-state index contributed by atoms with van der Waals surface area (Å²) in [7, 11) is 0. The molecule has 0 aliphatic carbocycles. The summed E-state index contributed by atoms with van der Waals surface area (Å²) in [5, 5.41) is 2.64. The first kappa shape index (κ1) is 14.0. The van der Waals surface area contributed by atoms with E-state index in [0.717, 1.165) is 5.01 Å². The molecule has 0 saturated carbocycles. The summed E-state index contributed by atoms with van der Waals surface area (Å²) in [5.74, 6) is 2.44. The fourth-order valence-corrected chi connectivity index (χ4v) is 2.47. The first-order valence-corrected chi connectivity index (χ1v) is 6.40. The van der Waals surface area contributed by atoms with Gasteiger partial charge in [-0.2, -0.15) is 0 Å². The Hall–Kier alpha value is -1.44. The maximum Gasteiger partial charge on any atom is 0.133 e.